The molecule has 1 aromatic heterocycles. The second kappa shape index (κ2) is 7.93. The van der Waals surface area contributed by atoms with Crippen LogP contribution >= 0.6 is 11.8 Å². The lowest BCUT2D eigenvalue weighted by atomic mass is 9.94. The Morgan fingerprint density at radius 2 is 1.61 bits per heavy atom. The molecule has 0 saturated carbocycles. The molecule has 8 heteroatoms. The molecule has 0 bridgehead atoms. The van der Waals surface area contributed by atoms with Gasteiger partial charge in [-0.2, -0.15) is 4.31 Å². The van der Waals surface area contributed by atoms with Gasteiger partial charge in [0.2, 0.25) is 10.0 Å². The van der Waals surface area contributed by atoms with Crippen LogP contribution in [0.2, 0.25) is 0 Å². The molecule has 0 radical (unpaired) electrons. The van der Waals surface area contributed by atoms with Gasteiger partial charge in [-0.25, -0.2) is 13.0 Å². The van der Waals surface area contributed by atoms with Gasteiger partial charge in [-0.1, -0.05) is 62.0 Å². The van der Waals surface area contributed by atoms with Crippen LogP contribution in [0.5, 0.6) is 0 Å². The summed E-state index contributed by atoms with van der Waals surface area (Å²) in [5, 5.41) is 10.3. The molecular weight excluding hydrogens is 430 g/mol. The summed E-state index contributed by atoms with van der Waals surface area (Å²) in [6, 6.07) is 17.8. The number of nitrogens with zero attached hydrogens (tertiary/aromatic N) is 3. The van der Waals surface area contributed by atoms with Crippen molar-refractivity contribution in [1.29, 1.82) is 0 Å². The molecule has 5 rings (SSSR count). The third kappa shape index (κ3) is 3.73. The predicted molar refractivity (Wildman–Crippen MR) is 122 cm³/mol. The Morgan fingerprint density at radius 3 is 2.42 bits per heavy atom. The van der Waals surface area contributed by atoms with E-state index in [1.165, 1.54) is 11.8 Å². The summed E-state index contributed by atoms with van der Waals surface area (Å²) in [5.74, 6) is 0.649. The van der Waals surface area contributed by atoms with Crippen molar-refractivity contribution in [2.45, 2.75) is 35.0 Å². The third-order valence-electron chi connectivity index (χ3n) is 5.76. The van der Waals surface area contributed by atoms with Gasteiger partial charge in [0.25, 0.3) is 0 Å². The number of piperidine rings is 1. The number of hydrogen-bond donors (Lipinski definition) is 0. The number of hydrogen-bond acceptors (Lipinski definition) is 6. The van der Waals surface area contributed by atoms with Crippen LogP contribution in [0, 0.1) is 11.8 Å². The van der Waals surface area contributed by atoms with Crippen molar-refractivity contribution in [3.8, 4) is 0 Å². The van der Waals surface area contributed by atoms with E-state index in [1.807, 2.05) is 30.3 Å². The molecule has 2 heterocycles. The summed E-state index contributed by atoms with van der Waals surface area (Å²) in [6.07, 6.45) is 1.04. The van der Waals surface area contributed by atoms with Gasteiger partial charge in [0.15, 0.2) is 11.0 Å². The molecule has 0 spiro atoms. The van der Waals surface area contributed by atoms with Crippen LogP contribution in [0.15, 0.2) is 73.9 Å². The topological polar surface area (TPSA) is 76.3 Å². The highest BCUT2D eigenvalue weighted by molar-refractivity contribution is 7.99. The monoisotopic (exact) mass is 453 g/mol. The summed E-state index contributed by atoms with van der Waals surface area (Å²) in [4.78, 5) is 2.04. The minimum atomic E-state index is -3.69. The van der Waals surface area contributed by atoms with E-state index in [0.29, 0.717) is 30.4 Å². The van der Waals surface area contributed by atoms with Crippen LogP contribution in [-0.4, -0.2) is 36.1 Å². The van der Waals surface area contributed by atoms with Crippen molar-refractivity contribution < 1.29 is 13.0 Å². The zero-order valence-electron chi connectivity index (χ0n) is 17.4. The second-order valence-corrected chi connectivity index (χ2v) is 11.4. The fourth-order valence-corrected chi connectivity index (χ4v) is 7.30. The lowest BCUT2D eigenvalue weighted by Gasteiger charge is -2.34. The Balaban J connectivity index is 1.55. The van der Waals surface area contributed by atoms with Gasteiger partial charge >= 0.3 is 0 Å². The van der Waals surface area contributed by atoms with Crippen molar-refractivity contribution in [2.75, 3.05) is 13.1 Å². The molecule has 3 aromatic carbocycles. The van der Waals surface area contributed by atoms with Crippen LogP contribution in [0.25, 0.3) is 21.8 Å². The van der Waals surface area contributed by atoms with Gasteiger partial charge in [-0.3, -0.25) is 0 Å². The molecule has 6 nitrogen and oxygen atoms in total. The Labute approximate surface area is 185 Å². The van der Waals surface area contributed by atoms with E-state index in [0.717, 1.165) is 27.0 Å². The second-order valence-electron chi connectivity index (χ2n) is 8.37. The first-order valence-electron chi connectivity index (χ1n) is 10.3. The summed E-state index contributed by atoms with van der Waals surface area (Å²) < 4.78 is 33.5. The minimum Gasteiger partial charge on any atom is -0.243 e. The van der Waals surface area contributed by atoms with Crippen LogP contribution in [-0.2, 0) is 10.0 Å². The van der Waals surface area contributed by atoms with E-state index >= 15 is 0 Å². The Kier molecular flexibility index (Phi) is 5.24. The summed E-state index contributed by atoms with van der Waals surface area (Å²) in [7, 11) is -3.69. The molecule has 2 atom stereocenters. The van der Waals surface area contributed by atoms with Gasteiger partial charge < -0.3 is 0 Å². The first kappa shape index (κ1) is 20.5. The van der Waals surface area contributed by atoms with Crippen LogP contribution in [0.1, 0.15) is 20.3 Å². The normalized spacial score (nSPS) is 20.5. The SMILES string of the molecule is CC1CC(C)CN(S(=O)(=O)c2ccc(Sc3cccc4ccccc34)c3nonc23)C1. The molecule has 1 aliphatic heterocycles. The fraction of sp³-hybridized carbons (Fsp3) is 0.304. The van der Waals surface area contributed by atoms with Crippen LogP contribution in [0.3, 0.4) is 0 Å². The lowest BCUT2D eigenvalue weighted by Crippen LogP contribution is -2.42. The first-order chi connectivity index (χ1) is 14.9. The molecule has 4 aromatic rings. The molecule has 0 aliphatic carbocycles. The number of benzene rings is 3. The average molecular weight is 454 g/mol. The van der Waals surface area contributed by atoms with Crippen molar-refractivity contribution in [2.24, 2.45) is 11.8 Å². The van der Waals surface area contributed by atoms with Crippen LogP contribution < -0.4 is 0 Å². The first-order valence-corrected chi connectivity index (χ1v) is 12.6. The fourth-order valence-electron chi connectivity index (χ4n) is 4.46. The maximum absolute atomic E-state index is 13.4. The summed E-state index contributed by atoms with van der Waals surface area (Å²) >= 11 is 1.54. The van der Waals surface area contributed by atoms with Crippen molar-refractivity contribution in [1.82, 2.24) is 14.6 Å². The highest BCUT2D eigenvalue weighted by Gasteiger charge is 2.34. The highest BCUT2D eigenvalue weighted by Crippen LogP contribution is 2.39. The molecule has 1 aliphatic rings. The Bertz CT molecular complexity index is 1350. The zero-order valence-corrected chi connectivity index (χ0v) is 19.0. The van der Waals surface area contributed by atoms with Crippen molar-refractivity contribution >= 4 is 43.6 Å². The van der Waals surface area contributed by atoms with E-state index < -0.39 is 10.0 Å². The zero-order chi connectivity index (χ0) is 21.6. The standard InChI is InChI=1S/C23H23N3O3S2/c1-15-12-16(2)14-26(13-15)31(27,28)21-11-10-20(22-23(21)25-29-24-22)30-19-9-5-7-17-6-3-4-8-18(17)19/h3-11,15-16H,12-14H2,1-2H3. The molecule has 2 unspecified atom stereocenters. The highest BCUT2D eigenvalue weighted by atomic mass is 32.2. The lowest BCUT2D eigenvalue weighted by molar-refractivity contribution is 0.222. The van der Waals surface area contributed by atoms with Crippen molar-refractivity contribution in [3.05, 3.63) is 54.6 Å². The van der Waals surface area contributed by atoms with Gasteiger partial charge in [-0.15, -0.1) is 0 Å². The van der Waals surface area contributed by atoms with Gasteiger partial charge in [-0.05, 0) is 57.5 Å². The molecule has 0 N–H and O–H groups in total. The molecule has 31 heavy (non-hydrogen) atoms. The molecule has 1 saturated heterocycles. The maximum atomic E-state index is 13.4. The Morgan fingerprint density at radius 1 is 0.903 bits per heavy atom. The minimum absolute atomic E-state index is 0.160. The van der Waals surface area contributed by atoms with Gasteiger partial charge in [0.05, 0.1) is 0 Å². The average Bonchev–Trinajstić information content (AvgIpc) is 3.23. The number of aromatic nitrogens is 2. The van der Waals surface area contributed by atoms with Crippen LogP contribution in [0.4, 0.5) is 0 Å². The smallest absolute Gasteiger partial charge is 0.243 e. The van der Waals surface area contributed by atoms with E-state index in [2.05, 4.69) is 42.4 Å². The largest absolute Gasteiger partial charge is 0.245 e. The maximum Gasteiger partial charge on any atom is 0.245 e. The third-order valence-corrected chi connectivity index (χ3v) is 8.75. The van der Waals surface area contributed by atoms with E-state index in [1.54, 1.807) is 10.4 Å². The van der Waals surface area contributed by atoms with E-state index in [4.69, 9.17) is 4.63 Å². The summed E-state index contributed by atoms with van der Waals surface area (Å²) in [5.41, 5.74) is 0.758. The van der Waals surface area contributed by atoms with Crippen molar-refractivity contribution in [3.63, 3.8) is 0 Å². The summed E-state index contributed by atoms with van der Waals surface area (Å²) in [6.45, 7) is 5.22. The molecule has 0 amide bonds. The molecule has 1 fully saturated rings. The quantitative estimate of drug-likeness (QED) is 0.423. The van der Waals surface area contributed by atoms with Gasteiger partial charge in [0, 0.05) is 22.9 Å². The van der Waals surface area contributed by atoms with E-state index in [9.17, 15) is 8.42 Å². The molecular formula is C23H23N3O3S2. The number of rotatable bonds is 4. The van der Waals surface area contributed by atoms with Gasteiger partial charge in [0.1, 0.15) is 4.90 Å². The van der Waals surface area contributed by atoms with E-state index in [-0.39, 0.29) is 10.4 Å². The molecule has 160 valence electrons. The number of sulfonamides is 1. The number of fused-ring (bicyclic) bond motifs is 2. The predicted octanol–water partition coefficient (Wildman–Crippen LogP) is 5.19. The Hall–Kier alpha value is -2.42.